The molecule has 1 heterocycles. The Labute approximate surface area is 161 Å². The SMILES string of the molecule is CCOc1ccccc1Oc1ccccc1C(=O)N1CCC(CNC)CC1. The second-order valence-electron chi connectivity index (χ2n) is 6.77. The van der Waals surface area contributed by atoms with Gasteiger partial charge in [0.15, 0.2) is 11.5 Å². The first kappa shape index (κ1) is 19.2. The van der Waals surface area contributed by atoms with Crippen LogP contribution in [0.5, 0.6) is 17.2 Å². The van der Waals surface area contributed by atoms with Crippen LogP contribution in [0.3, 0.4) is 0 Å². The molecule has 5 nitrogen and oxygen atoms in total. The summed E-state index contributed by atoms with van der Waals surface area (Å²) in [5, 5.41) is 3.23. The molecule has 1 aliphatic rings. The third-order valence-electron chi connectivity index (χ3n) is 4.88. The topological polar surface area (TPSA) is 50.8 Å². The summed E-state index contributed by atoms with van der Waals surface area (Å²) in [6.45, 7) is 5.08. The van der Waals surface area contributed by atoms with Crippen molar-refractivity contribution in [2.24, 2.45) is 5.92 Å². The van der Waals surface area contributed by atoms with Gasteiger partial charge in [0.25, 0.3) is 5.91 Å². The standard InChI is InChI=1S/C22H28N2O3/c1-3-26-20-10-6-7-11-21(20)27-19-9-5-4-8-18(19)22(25)24-14-12-17(13-15-24)16-23-2/h4-11,17,23H,3,12-16H2,1-2H3. The highest BCUT2D eigenvalue weighted by molar-refractivity contribution is 5.97. The zero-order valence-corrected chi connectivity index (χ0v) is 16.1. The van der Waals surface area contributed by atoms with Gasteiger partial charge in [0.2, 0.25) is 0 Å². The lowest BCUT2D eigenvalue weighted by atomic mass is 9.96. The van der Waals surface area contributed by atoms with E-state index in [1.54, 1.807) is 0 Å². The smallest absolute Gasteiger partial charge is 0.257 e. The van der Waals surface area contributed by atoms with Crippen LogP contribution in [0.1, 0.15) is 30.1 Å². The summed E-state index contributed by atoms with van der Waals surface area (Å²) in [7, 11) is 1.98. The number of nitrogens with zero attached hydrogens (tertiary/aromatic N) is 1. The Hall–Kier alpha value is -2.53. The van der Waals surface area contributed by atoms with Crippen LogP contribution in [0, 0.1) is 5.92 Å². The Morgan fingerprint density at radius 1 is 1.04 bits per heavy atom. The van der Waals surface area contributed by atoms with Crippen molar-refractivity contribution in [2.45, 2.75) is 19.8 Å². The Bertz CT molecular complexity index is 755. The van der Waals surface area contributed by atoms with Crippen molar-refractivity contribution in [1.29, 1.82) is 0 Å². The third kappa shape index (κ3) is 4.80. The predicted octanol–water partition coefficient (Wildman–Crippen LogP) is 3.95. The van der Waals surface area contributed by atoms with Crippen LogP contribution in [0.25, 0.3) is 0 Å². The average Bonchev–Trinajstić information content (AvgIpc) is 2.70. The molecule has 3 rings (SSSR count). The number of benzene rings is 2. The number of para-hydroxylation sites is 3. The first-order valence-electron chi connectivity index (χ1n) is 9.65. The highest BCUT2D eigenvalue weighted by Crippen LogP contribution is 2.33. The number of piperidine rings is 1. The van der Waals surface area contributed by atoms with E-state index in [1.165, 1.54) is 0 Å². The first-order chi connectivity index (χ1) is 13.2. The maximum absolute atomic E-state index is 13.1. The van der Waals surface area contributed by atoms with Crippen LogP contribution in [0.4, 0.5) is 0 Å². The lowest BCUT2D eigenvalue weighted by Gasteiger charge is -2.32. The molecule has 2 aromatic carbocycles. The van der Waals surface area contributed by atoms with Gasteiger partial charge in [-0.1, -0.05) is 24.3 Å². The van der Waals surface area contributed by atoms with E-state index in [-0.39, 0.29) is 5.91 Å². The minimum atomic E-state index is 0.0300. The number of hydrogen-bond donors (Lipinski definition) is 1. The number of likely N-dealkylation sites (tertiary alicyclic amines) is 1. The summed E-state index contributed by atoms with van der Waals surface area (Å²) in [6.07, 6.45) is 2.06. The van der Waals surface area contributed by atoms with Gasteiger partial charge >= 0.3 is 0 Å². The van der Waals surface area contributed by atoms with Crippen LogP contribution in [0.15, 0.2) is 48.5 Å². The summed E-state index contributed by atoms with van der Waals surface area (Å²) >= 11 is 0. The molecule has 1 fully saturated rings. The maximum atomic E-state index is 13.1. The Kier molecular flexibility index (Phi) is 6.71. The molecule has 0 aromatic heterocycles. The minimum Gasteiger partial charge on any atom is -0.490 e. The van der Waals surface area contributed by atoms with E-state index in [0.717, 1.165) is 32.5 Å². The van der Waals surface area contributed by atoms with Gasteiger partial charge in [0, 0.05) is 13.1 Å². The van der Waals surface area contributed by atoms with E-state index in [1.807, 2.05) is 67.4 Å². The van der Waals surface area contributed by atoms with Gasteiger partial charge in [0.05, 0.1) is 12.2 Å². The number of ether oxygens (including phenoxy) is 2. The molecular weight excluding hydrogens is 340 g/mol. The van der Waals surface area contributed by atoms with Crippen molar-refractivity contribution in [2.75, 3.05) is 33.3 Å². The molecule has 1 aliphatic heterocycles. The zero-order chi connectivity index (χ0) is 19.1. The number of amides is 1. The second-order valence-corrected chi connectivity index (χ2v) is 6.77. The molecule has 0 atom stereocenters. The van der Waals surface area contributed by atoms with Crippen LogP contribution in [-0.2, 0) is 0 Å². The molecule has 0 radical (unpaired) electrons. The average molecular weight is 368 g/mol. The summed E-state index contributed by atoms with van der Waals surface area (Å²) in [5.74, 6) is 2.53. The Morgan fingerprint density at radius 2 is 1.67 bits per heavy atom. The molecular formula is C22H28N2O3. The van der Waals surface area contributed by atoms with Crippen molar-refractivity contribution in [3.05, 3.63) is 54.1 Å². The summed E-state index contributed by atoms with van der Waals surface area (Å²) in [6, 6.07) is 15.0. The highest BCUT2D eigenvalue weighted by Gasteiger charge is 2.25. The largest absolute Gasteiger partial charge is 0.490 e. The van der Waals surface area contributed by atoms with Gasteiger partial charge in [-0.2, -0.15) is 0 Å². The van der Waals surface area contributed by atoms with Crippen LogP contribution >= 0.6 is 0 Å². The molecule has 0 unspecified atom stereocenters. The van der Waals surface area contributed by atoms with Crippen molar-refractivity contribution in [3.63, 3.8) is 0 Å². The molecule has 1 amide bonds. The van der Waals surface area contributed by atoms with Crippen LogP contribution in [0.2, 0.25) is 0 Å². The highest BCUT2D eigenvalue weighted by atomic mass is 16.5. The van der Waals surface area contributed by atoms with Gasteiger partial charge in [0.1, 0.15) is 5.75 Å². The quantitative estimate of drug-likeness (QED) is 0.804. The molecule has 1 saturated heterocycles. The van der Waals surface area contributed by atoms with Gasteiger partial charge in [-0.25, -0.2) is 0 Å². The molecule has 0 bridgehead atoms. The fraction of sp³-hybridized carbons (Fsp3) is 0.409. The Balaban J connectivity index is 1.76. The summed E-state index contributed by atoms with van der Waals surface area (Å²) in [5.41, 5.74) is 0.593. The molecule has 0 aliphatic carbocycles. The van der Waals surface area contributed by atoms with Gasteiger partial charge in [-0.05, 0) is 63.5 Å². The minimum absolute atomic E-state index is 0.0300. The van der Waals surface area contributed by atoms with E-state index in [4.69, 9.17) is 9.47 Å². The van der Waals surface area contributed by atoms with Crippen molar-refractivity contribution in [3.8, 4) is 17.2 Å². The molecule has 0 spiro atoms. The van der Waals surface area contributed by atoms with Gasteiger partial charge < -0.3 is 19.7 Å². The van der Waals surface area contributed by atoms with Crippen molar-refractivity contribution in [1.82, 2.24) is 10.2 Å². The van der Waals surface area contributed by atoms with Crippen LogP contribution < -0.4 is 14.8 Å². The monoisotopic (exact) mass is 368 g/mol. The number of carbonyl (C=O) groups excluding carboxylic acids is 1. The van der Waals surface area contributed by atoms with Gasteiger partial charge in [-0.15, -0.1) is 0 Å². The Morgan fingerprint density at radius 3 is 2.33 bits per heavy atom. The maximum Gasteiger partial charge on any atom is 0.257 e. The van der Waals surface area contributed by atoms with E-state index in [9.17, 15) is 4.79 Å². The first-order valence-corrected chi connectivity index (χ1v) is 9.65. The molecule has 5 heteroatoms. The van der Waals surface area contributed by atoms with Crippen LogP contribution in [-0.4, -0.2) is 44.1 Å². The van der Waals surface area contributed by atoms with E-state index < -0.39 is 0 Å². The lowest BCUT2D eigenvalue weighted by molar-refractivity contribution is 0.0688. The summed E-state index contributed by atoms with van der Waals surface area (Å²) in [4.78, 5) is 15.0. The number of hydrogen-bond acceptors (Lipinski definition) is 4. The third-order valence-corrected chi connectivity index (χ3v) is 4.88. The van der Waals surface area contributed by atoms with E-state index >= 15 is 0 Å². The van der Waals surface area contributed by atoms with Crippen molar-refractivity contribution >= 4 is 5.91 Å². The normalized spacial score (nSPS) is 14.8. The fourth-order valence-corrected chi connectivity index (χ4v) is 3.46. The number of rotatable bonds is 7. The molecule has 1 N–H and O–H groups in total. The predicted molar refractivity (Wildman–Crippen MR) is 107 cm³/mol. The lowest BCUT2D eigenvalue weighted by Crippen LogP contribution is -2.40. The van der Waals surface area contributed by atoms with Crippen molar-refractivity contribution < 1.29 is 14.3 Å². The number of nitrogens with one attached hydrogen (secondary N) is 1. The van der Waals surface area contributed by atoms with Gasteiger partial charge in [-0.3, -0.25) is 4.79 Å². The summed E-state index contributed by atoms with van der Waals surface area (Å²) < 4.78 is 11.7. The van der Waals surface area contributed by atoms with E-state index in [0.29, 0.717) is 35.3 Å². The second kappa shape index (κ2) is 9.42. The molecule has 0 saturated carbocycles. The molecule has 144 valence electrons. The number of carbonyl (C=O) groups is 1. The van der Waals surface area contributed by atoms with E-state index in [2.05, 4.69) is 5.32 Å². The fourth-order valence-electron chi connectivity index (χ4n) is 3.46. The molecule has 27 heavy (non-hydrogen) atoms. The molecule has 2 aromatic rings. The zero-order valence-electron chi connectivity index (χ0n) is 16.1.